The van der Waals surface area contributed by atoms with Crippen molar-refractivity contribution in [1.82, 2.24) is 4.72 Å². The van der Waals surface area contributed by atoms with Gasteiger partial charge in [0.1, 0.15) is 5.02 Å². The van der Waals surface area contributed by atoms with Crippen molar-refractivity contribution in [3.63, 3.8) is 0 Å². The van der Waals surface area contributed by atoms with Gasteiger partial charge in [0.15, 0.2) is 17.4 Å². The molecule has 1 aromatic carbocycles. The maximum absolute atomic E-state index is 14.6. The van der Waals surface area contributed by atoms with Crippen molar-refractivity contribution in [1.29, 1.82) is 0 Å². The predicted octanol–water partition coefficient (Wildman–Crippen LogP) is 4.68. The van der Waals surface area contributed by atoms with Crippen LogP contribution in [0.4, 0.5) is 8.78 Å². The van der Waals surface area contributed by atoms with Crippen LogP contribution in [0.25, 0.3) is 0 Å². The van der Waals surface area contributed by atoms with Gasteiger partial charge in [0, 0.05) is 5.41 Å². The number of benzene rings is 1. The molecular formula is C20H26ClF2NO4S. The molecule has 1 N–H and O–H groups in total. The summed E-state index contributed by atoms with van der Waals surface area (Å²) in [5.41, 5.74) is -0.894. The summed E-state index contributed by atoms with van der Waals surface area (Å²) in [7, 11) is -3.93. The fraction of sp³-hybridized carbons (Fsp3) is 0.650. The summed E-state index contributed by atoms with van der Waals surface area (Å²) in [5, 5.41) is -0.661. The number of ether oxygens (including phenoxy) is 1. The van der Waals surface area contributed by atoms with Gasteiger partial charge in [0.25, 0.3) is 5.91 Å². The molecule has 0 aliphatic heterocycles. The van der Waals surface area contributed by atoms with Crippen molar-refractivity contribution in [2.75, 3.05) is 12.9 Å². The van der Waals surface area contributed by atoms with Crippen LogP contribution in [0, 0.1) is 28.9 Å². The Bertz CT molecular complexity index is 894. The average molecular weight is 450 g/mol. The van der Waals surface area contributed by atoms with E-state index in [0.29, 0.717) is 17.9 Å². The second-order valence-electron chi connectivity index (χ2n) is 8.52. The molecule has 0 radical (unpaired) electrons. The molecule has 0 aromatic heterocycles. The minimum atomic E-state index is -3.93. The van der Waals surface area contributed by atoms with Crippen LogP contribution in [0.3, 0.4) is 0 Å². The summed E-state index contributed by atoms with van der Waals surface area (Å²) in [6.45, 7) is 2.31. The van der Waals surface area contributed by atoms with Gasteiger partial charge in [0.05, 0.1) is 18.4 Å². The molecule has 0 saturated heterocycles. The molecule has 1 aromatic rings. The lowest BCUT2D eigenvalue weighted by Crippen LogP contribution is -2.39. The van der Waals surface area contributed by atoms with Gasteiger partial charge in [-0.3, -0.25) is 4.79 Å². The maximum Gasteiger partial charge on any atom is 0.267 e. The molecular weight excluding hydrogens is 424 g/mol. The number of halogens is 3. The number of amides is 1. The van der Waals surface area contributed by atoms with Crippen molar-refractivity contribution < 1.29 is 26.7 Å². The minimum absolute atomic E-state index is 0.105. The van der Waals surface area contributed by atoms with Crippen molar-refractivity contribution >= 4 is 27.5 Å². The summed E-state index contributed by atoms with van der Waals surface area (Å²) in [4.78, 5) is 11.9. The average Bonchev–Trinajstić information content (AvgIpc) is 2.63. The van der Waals surface area contributed by atoms with Crippen LogP contribution in [0.1, 0.15) is 62.2 Å². The highest BCUT2D eigenvalue weighted by atomic mass is 35.5. The fourth-order valence-corrected chi connectivity index (χ4v) is 5.61. The van der Waals surface area contributed by atoms with Crippen molar-refractivity contribution in [2.45, 2.75) is 51.9 Å². The molecule has 29 heavy (non-hydrogen) atoms. The number of sulfonamides is 1. The Morgan fingerprint density at radius 2 is 1.93 bits per heavy atom. The van der Waals surface area contributed by atoms with Crippen LogP contribution in [0.2, 0.25) is 5.02 Å². The number of hydrogen-bond acceptors (Lipinski definition) is 4. The number of carbonyl (C=O) groups excluding carboxylic acids is 1. The first kappa shape index (κ1) is 22.3. The second kappa shape index (κ2) is 8.38. The Morgan fingerprint density at radius 1 is 1.31 bits per heavy atom. The lowest BCUT2D eigenvalue weighted by Gasteiger charge is -2.46. The topological polar surface area (TPSA) is 72.5 Å². The van der Waals surface area contributed by atoms with E-state index in [4.69, 9.17) is 16.3 Å². The molecule has 162 valence electrons. The molecule has 3 rings (SSSR count). The lowest BCUT2D eigenvalue weighted by atomic mass is 9.60. The van der Waals surface area contributed by atoms with Crippen LogP contribution < -0.4 is 9.46 Å². The van der Waals surface area contributed by atoms with Crippen LogP contribution >= 0.6 is 11.6 Å². The van der Waals surface area contributed by atoms with Gasteiger partial charge in [-0.15, -0.1) is 0 Å². The van der Waals surface area contributed by atoms with E-state index in [1.807, 2.05) is 0 Å². The van der Waals surface area contributed by atoms with Gasteiger partial charge < -0.3 is 4.74 Å². The van der Waals surface area contributed by atoms with Gasteiger partial charge in [0.2, 0.25) is 10.0 Å². The normalized spacial score (nSPS) is 26.8. The zero-order valence-corrected chi connectivity index (χ0v) is 18.1. The Hall–Kier alpha value is -1.41. The van der Waals surface area contributed by atoms with Gasteiger partial charge in [-0.25, -0.2) is 21.9 Å². The van der Waals surface area contributed by atoms with Gasteiger partial charge in [-0.2, -0.15) is 0 Å². The molecule has 0 heterocycles. The summed E-state index contributed by atoms with van der Waals surface area (Å²) >= 11 is 5.95. The van der Waals surface area contributed by atoms with Crippen LogP contribution in [-0.4, -0.2) is 27.2 Å². The lowest BCUT2D eigenvalue weighted by molar-refractivity contribution is 0.0120. The van der Waals surface area contributed by atoms with E-state index in [0.717, 1.165) is 25.5 Å². The number of fused-ring (bicyclic) bond motifs is 2. The highest BCUT2D eigenvalue weighted by Gasteiger charge is 2.42. The first-order chi connectivity index (χ1) is 13.5. The van der Waals surface area contributed by atoms with E-state index in [1.165, 1.54) is 25.7 Å². The predicted molar refractivity (Wildman–Crippen MR) is 107 cm³/mol. The number of hydrogen-bond donors (Lipinski definition) is 1. The SMILES string of the molecule is CCC1(COc2c(F)cc(C(=O)NS(C)(=O)=O)c(F)c2Cl)CC2CCCC(C2)C1. The monoisotopic (exact) mass is 449 g/mol. The Balaban J connectivity index is 1.81. The van der Waals surface area contributed by atoms with Crippen LogP contribution in [-0.2, 0) is 10.0 Å². The Morgan fingerprint density at radius 3 is 2.48 bits per heavy atom. The summed E-state index contributed by atoms with van der Waals surface area (Å²) < 4.78 is 58.8. The Labute approximate surface area is 175 Å². The number of nitrogens with one attached hydrogen (secondary N) is 1. The van der Waals surface area contributed by atoms with Gasteiger partial charge in [-0.1, -0.05) is 37.8 Å². The molecule has 5 nitrogen and oxygen atoms in total. The van der Waals surface area contributed by atoms with E-state index in [-0.39, 0.29) is 12.0 Å². The molecule has 2 bridgehead atoms. The molecule has 2 unspecified atom stereocenters. The third kappa shape index (κ3) is 5.02. The second-order valence-corrected chi connectivity index (χ2v) is 10.6. The fourth-order valence-electron chi connectivity index (χ4n) is 4.91. The molecule has 9 heteroatoms. The first-order valence-corrected chi connectivity index (χ1v) is 12.1. The van der Waals surface area contributed by atoms with E-state index in [2.05, 4.69) is 6.92 Å². The molecule has 2 aliphatic rings. The third-order valence-electron chi connectivity index (χ3n) is 6.25. The first-order valence-electron chi connectivity index (χ1n) is 9.86. The van der Waals surface area contributed by atoms with E-state index in [1.54, 1.807) is 4.72 Å². The maximum atomic E-state index is 14.6. The molecule has 2 aliphatic carbocycles. The van der Waals surface area contributed by atoms with Crippen LogP contribution in [0.5, 0.6) is 5.75 Å². The Kier molecular flexibility index (Phi) is 6.44. The van der Waals surface area contributed by atoms with E-state index >= 15 is 0 Å². The van der Waals surface area contributed by atoms with Crippen molar-refractivity contribution in [2.24, 2.45) is 17.3 Å². The van der Waals surface area contributed by atoms with Crippen LogP contribution in [0.15, 0.2) is 6.07 Å². The number of carbonyl (C=O) groups is 1. The summed E-state index contributed by atoms with van der Waals surface area (Å²) in [6, 6.07) is 0.616. The third-order valence-corrected chi connectivity index (χ3v) is 7.14. The smallest absolute Gasteiger partial charge is 0.267 e. The van der Waals surface area contributed by atoms with Gasteiger partial charge >= 0.3 is 0 Å². The van der Waals surface area contributed by atoms with Crippen molar-refractivity contribution in [3.05, 3.63) is 28.3 Å². The van der Waals surface area contributed by atoms with E-state index in [9.17, 15) is 22.0 Å². The molecule has 2 saturated carbocycles. The van der Waals surface area contributed by atoms with Crippen molar-refractivity contribution in [3.8, 4) is 5.75 Å². The zero-order valence-electron chi connectivity index (χ0n) is 16.6. The highest BCUT2D eigenvalue weighted by molar-refractivity contribution is 7.89. The molecule has 0 spiro atoms. The molecule has 2 fully saturated rings. The molecule has 1 amide bonds. The quantitative estimate of drug-likeness (QED) is 0.640. The van der Waals surface area contributed by atoms with Gasteiger partial charge in [-0.05, 0) is 43.6 Å². The largest absolute Gasteiger partial charge is 0.488 e. The standard InChI is InChI=1S/C20H26ClF2NO4S/c1-3-20(9-12-5-4-6-13(7-12)10-20)11-28-18-15(22)8-14(17(23)16(18)21)19(25)24-29(2,26)27/h8,12-13H,3-7,9-11H2,1-2H3,(H,24,25). The van der Waals surface area contributed by atoms with E-state index < -0.39 is 43.9 Å². The summed E-state index contributed by atoms with van der Waals surface area (Å²) in [6.07, 6.45) is 8.48. The minimum Gasteiger partial charge on any atom is -0.488 e. The number of rotatable bonds is 6. The molecule has 2 atom stereocenters. The highest BCUT2D eigenvalue weighted by Crippen LogP contribution is 2.50. The zero-order chi connectivity index (χ0) is 21.4. The summed E-state index contributed by atoms with van der Waals surface area (Å²) in [5.74, 6) is -2.66.